The molecular formula is C29H37N7O. The van der Waals surface area contributed by atoms with Crippen LogP contribution in [0.1, 0.15) is 60.3 Å². The summed E-state index contributed by atoms with van der Waals surface area (Å²) in [5.41, 5.74) is 11.8. The minimum absolute atomic E-state index is 0.00246. The van der Waals surface area contributed by atoms with Gasteiger partial charge in [-0.05, 0) is 50.1 Å². The van der Waals surface area contributed by atoms with Crippen LogP contribution in [0, 0.1) is 0 Å². The molecule has 4 rings (SSSR count). The number of para-hydroxylation sites is 1. The average Bonchev–Trinajstić information content (AvgIpc) is 3.32. The highest BCUT2D eigenvalue weighted by molar-refractivity contribution is 5.96. The second-order valence-electron chi connectivity index (χ2n) is 9.64. The SMILES string of the molecule is C=C(NC)c1cc(C(=O)N[C@H](C)C[C@H](CCC)N2Cc3cnc(Nc4ccccc4)nc3C2)ccc1N. The second kappa shape index (κ2) is 11.9. The van der Waals surface area contributed by atoms with Gasteiger partial charge in [0.15, 0.2) is 0 Å². The van der Waals surface area contributed by atoms with E-state index in [1.807, 2.05) is 36.5 Å². The van der Waals surface area contributed by atoms with Crippen LogP contribution in [0.2, 0.25) is 0 Å². The average molecular weight is 500 g/mol. The molecule has 0 unspecified atom stereocenters. The molecule has 8 heteroatoms. The number of nitrogen functional groups attached to an aromatic ring is 1. The molecule has 0 saturated carbocycles. The lowest BCUT2D eigenvalue weighted by Gasteiger charge is -2.30. The minimum atomic E-state index is -0.111. The van der Waals surface area contributed by atoms with Gasteiger partial charge in [-0.3, -0.25) is 9.69 Å². The van der Waals surface area contributed by atoms with Gasteiger partial charge in [-0.15, -0.1) is 0 Å². The van der Waals surface area contributed by atoms with E-state index in [0.29, 0.717) is 28.9 Å². The van der Waals surface area contributed by atoms with Crippen LogP contribution in [-0.2, 0) is 13.1 Å². The topological polar surface area (TPSA) is 108 Å². The van der Waals surface area contributed by atoms with Gasteiger partial charge in [0.25, 0.3) is 5.91 Å². The normalized spacial score (nSPS) is 14.5. The predicted molar refractivity (Wildman–Crippen MR) is 150 cm³/mol. The Labute approximate surface area is 219 Å². The number of benzene rings is 2. The van der Waals surface area contributed by atoms with Crippen molar-refractivity contribution in [1.29, 1.82) is 0 Å². The van der Waals surface area contributed by atoms with Crippen molar-refractivity contribution in [3.05, 3.63) is 83.7 Å². The maximum Gasteiger partial charge on any atom is 0.251 e. The monoisotopic (exact) mass is 499 g/mol. The molecule has 2 atom stereocenters. The Balaban J connectivity index is 1.39. The van der Waals surface area contributed by atoms with E-state index >= 15 is 0 Å². The van der Waals surface area contributed by atoms with Crippen molar-refractivity contribution in [3.63, 3.8) is 0 Å². The molecule has 0 bridgehead atoms. The van der Waals surface area contributed by atoms with E-state index in [-0.39, 0.29) is 11.9 Å². The van der Waals surface area contributed by atoms with E-state index in [1.54, 1.807) is 25.2 Å². The van der Waals surface area contributed by atoms with Crippen molar-refractivity contribution in [2.45, 2.75) is 58.3 Å². The highest BCUT2D eigenvalue weighted by Gasteiger charge is 2.28. The largest absolute Gasteiger partial charge is 0.398 e. The van der Waals surface area contributed by atoms with Gasteiger partial charge in [0.1, 0.15) is 0 Å². The Kier molecular flexibility index (Phi) is 8.40. The molecular weight excluding hydrogens is 462 g/mol. The van der Waals surface area contributed by atoms with Crippen LogP contribution in [0.5, 0.6) is 0 Å². The number of carbonyl (C=O) groups is 1. The molecule has 37 heavy (non-hydrogen) atoms. The van der Waals surface area contributed by atoms with Gasteiger partial charge in [-0.25, -0.2) is 9.97 Å². The fraction of sp³-hybridized carbons (Fsp3) is 0.345. The number of amides is 1. The van der Waals surface area contributed by atoms with E-state index in [0.717, 1.165) is 54.9 Å². The maximum atomic E-state index is 13.0. The van der Waals surface area contributed by atoms with E-state index in [4.69, 9.17) is 10.7 Å². The van der Waals surface area contributed by atoms with Crippen LogP contribution in [0.25, 0.3) is 5.70 Å². The molecule has 2 heterocycles. The number of anilines is 3. The van der Waals surface area contributed by atoms with Crippen molar-refractivity contribution in [2.75, 3.05) is 18.1 Å². The van der Waals surface area contributed by atoms with Gasteiger partial charge >= 0.3 is 0 Å². The van der Waals surface area contributed by atoms with E-state index in [1.165, 1.54) is 0 Å². The number of nitrogens with one attached hydrogen (secondary N) is 3. The first-order valence-corrected chi connectivity index (χ1v) is 12.9. The summed E-state index contributed by atoms with van der Waals surface area (Å²) in [7, 11) is 1.79. The zero-order valence-corrected chi connectivity index (χ0v) is 21.9. The van der Waals surface area contributed by atoms with Crippen LogP contribution in [-0.4, -0.2) is 39.9 Å². The first-order valence-electron chi connectivity index (χ1n) is 12.9. The first kappa shape index (κ1) is 26.2. The Morgan fingerprint density at radius 1 is 1.19 bits per heavy atom. The highest BCUT2D eigenvalue weighted by Crippen LogP contribution is 2.28. The first-order chi connectivity index (χ1) is 17.9. The molecule has 0 aliphatic carbocycles. The van der Waals surface area contributed by atoms with Gasteiger partial charge in [0, 0.05) is 72.2 Å². The standard InChI is InChI=1S/C29H37N7O/c1-5-9-24(14-19(2)33-28(37)21-12-13-26(30)25(15-21)20(3)31-4)36-17-22-16-32-29(35-27(22)18-36)34-23-10-7-6-8-11-23/h6-8,10-13,15-16,19,24,31H,3,5,9,14,17-18,30H2,1-2,4H3,(H,33,37)(H,32,34,35)/t19-,24+/m1/s1. The molecule has 5 N–H and O–H groups in total. The highest BCUT2D eigenvalue weighted by atomic mass is 16.1. The van der Waals surface area contributed by atoms with Gasteiger partial charge in [0.2, 0.25) is 5.95 Å². The smallest absolute Gasteiger partial charge is 0.251 e. The van der Waals surface area contributed by atoms with Gasteiger partial charge in [0.05, 0.1) is 5.69 Å². The van der Waals surface area contributed by atoms with E-state index in [2.05, 4.69) is 46.3 Å². The third kappa shape index (κ3) is 6.46. The molecule has 1 aromatic heterocycles. The quantitative estimate of drug-likeness (QED) is 0.284. The second-order valence-corrected chi connectivity index (χ2v) is 9.64. The number of rotatable bonds is 11. The number of aromatic nitrogens is 2. The van der Waals surface area contributed by atoms with Crippen molar-refractivity contribution in [3.8, 4) is 0 Å². The van der Waals surface area contributed by atoms with Crippen molar-refractivity contribution in [1.82, 2.24) is 25.5 Å². The van der Waals surface area contributed by atoms with Crippen molar-refractivity contribution >= 4 is 28.9 Å². The van der Waals surface area contributed by atoms with Gasteiger partial charge < -0.3 is 21.7 Å². The van der Waals surface area contributed by atoms with E-state index in [9.17, 15) is 4.79 Å². The molecule has 1 aliphatic rings. The lowest BCUT2D eigenvalue weighted by Crippen LogP contribution is -2.40. The van der Waals surface area contributed by atoms with Crippen LogP contribution < -0.4 is 21.7 Å². The summed E-state index contributed by atoms with van der Waals surface area (Å²) in [6.45, 7) is 9.83. The van der Waals surface area contributed by atoms with Gasteiger partial charge in [-0.2, -0.15) is 0 Å². The minimum Gasteiger partial charge on any atom is -0.398 e. The third-order valence-electron chi connectivity index (χ3n) is 6.79. The molecule has 194 valence electrons. The fourth-order valence-electron chi connectivity index (χ4n) is 4.80. The maximum absolute atomic E-state index is 13.0. The Morgan fingerprint density at radius 3 is 2.70 bits per heavy atom. The van der Waals surface area contributed by atoms with Crippen LogP contribution >= 0.6 is 0 Å². The summed E-state index contributed by atoms with van der Waals surface area (Å²) in [5.74, 6) is 0.503. The molecule has 1 aliphatic heterocycles. The van der Waals surface area contributed by atoms with Crippen molar-refractivity contribution < 1.29 is 4.79 Å². The third-order valence-corrected chi connectivity index (χ3v) is 6.79. The van der Waals surface area contributed by atoms with Crippen LogP contribution in [0.4, 0.5) is 17.3 Å². The lowest BCUT2D eigenvalue weighted by molar-refractivity contribution is 0.0923. The molecule has 8 nitrogen and oxygen atoms in total. The van der Waals surface area contributed by atoms with E-state index < -0.39 is 0 Å². The molecule has 0 saturated heterocycles. The molecule has 0 radical (unpaired) electrons. The Bertz CT molecular complexity index is 1240. The lowest BCUT2D eigenvalue weighted by atomic mass is 10.0. The summed E-state index contributed by atoms with van der Waals surface area (Å²) in [4.78, 5) is 24.8. The number of nitrogens with two attached hydrogens (primary N) is 1. The Hall–Kier alpha value is -3.91. The molecule has 0 spiro atoms. The number of nitrogens with zero attached hydrogens (tertiary/aromatic N) is 3. The molecule has 3 aromatic rings. The Morgan fingerprint density at radius 2 is 1.97 bits per heavy atom. The molecule has 2 aromatic carbocycles. The van der Waals surface area contributed by atoms with Crippen LogP contribution in [0.3, 0.4) is 0 Å². The predicted octanol–water partition coefficient (Wildman–Crippen LogP) is 4.69. The summed E-state index contributed by atoms with van der Waals surface area (Å²) < 4.78 is 0. The van der Waals surface area contributed by atoms with Gasteiger partial charge in [-0.1, -0.05) is 38.1 Å². The number of fused-ring (bicyclic) bond motifs is 1. The van der Waals surface area contributed by atoms with Crippen LogP contribution in [0.15, 0.2) is 61.3 Å². The summed E-state index contributed by atoms with van der Waals surface area (Å²) in [6.07, 6.45) is 4.89. The summed E-state index contributed by atoms with van der Waals surface area (Å²) in [6, 6.07) is 15.6. The fourth-order valence-corrected chi connectivity index (χ4v) is 4.80. The number of carbonyl (C=O) groups excluding carboxylic acids is 1. The number of hydrogen-bond donors (Lipinski definition) is 4. The summed E-state index contributed by atoms with van der Waals surface area (Å²) in [5, 5.41) is 9.46. The summed E-state index contributed by atoms with van der Waals surface area (Å²) >= 11 is 0. The zero-order chi connectivity index (χ0) is 26.4. The molecule has 0 fully saturated rings. The number of hydrogen-bond acceptors (Lipinski definition) is 7. The molecule has 1 amide bonds. The zero-order valence-electron chi connectivity index (χ0n) is 21.9. The van der Waals surface area contributed by atoms with Crippen molar-refractivity contribution in [2.24, 2.45) is 0 Å².